The number of methoxy groups -OCH3 is 2. The average molecular weight is 335 g/mol. The van der Waals surface area contributed by atoms with Crippen molar-refractivity contribution in [1.29, 1.82) is 0 Å². The fourth-order valence-electron chi connectivity index (χ4n) is 2.16. The van der Waals surface area contributed by atoms with Gasteiger partial charge in [0.1, 0.15) is 0 Å². The number of hydrogen-bond donors (Lipinski definition) is 1. The van der Waals surface area contributed by atoms with Crippen molar-refractivity contribution in [3.05, 3.63) is 18.2 Å². The van der Waals surface area contributed by atoms with Crippen LogP contribution in [0.4, 0.5) is 0 Å². The molecule has 0 spiro atoms. The molecule has 2 rings (SSSR count). The lowest BCUT2D eigenvalue weighted by atomic mass is 10.3. The van der Waals surface area contributed by atoms with Gasteiger partial charge in [-0.1, -0.05) is 0 Å². The molecular weight excluding hydrogens is 318 g/mol. The third-order valence-corrected chi connectivity index (χ3v) is 6.51. The van der Waals surface area contributed by atoms with E-state index >= 15 is 0 Å². The topological polar surface area (TPSA) is 98.8 Å². The Morgan fingerprint density at radius 1 is 1.19 bits per heavy atom. The Balaban J connectivity index is 2.24. The van der Waals surface area contributed by atoms with Crippen LogP contribution in [0.3, 0.4) is 0 Å². The first-order chi connectivity index (χ1) is 9.77. The standard InChI is InChI=1S/C12H17NO6S2/c1-18-11-4-3-10(7-12(11)19-2)21(16,17)13-9-5-6-20(14,15)8-9/h3-4,7,9,13H,5-6,8H2,1-2H3/t9-/m0/s1. The number of sulfonamides is 1. The van der Waals surface area contributed by atoms with E-state index in [4.69, 9.17) is 9.47 Å². The van der Waals surface area contributed by atoms with E-state index in [2.05, 4.69) is 4.72 Å². The molecule has 1 saturated heterocycles. The van der Waals surface area contributed by atoms with Crippen LogP contribution in [0.2, 0.25) is 0 Å². The second-order valence-corrected chi connectivity index (χ2v) is 8.68. The molecule has 0 aliphatic carbocycles. The van der Waals surface area contributed by atoms with Crippen molar-refractivity contribution in [1.82, 2.24) is 4.72 Å². The molecule has 1 aliphatic rings. The van der Waals surface area contributed by atoms with Crippen LogP contribution in [0.5, 0.6) is 11.5 Å². The van der Waals surface area contributed by atoms with Gasteiger partial charge in [0.2, 0.25) is 10.0 Å². The molecule has 118 valence electrons. The molecule has 9 heteroatoms. The maximum Gasteiger partial charge on any atom is 0.240 e. The van der Waals surface area contributed by atoms with E-state index in [-0.39, 0.29) is 22.8 Å². The van der Waals surface area contributed by atoms with Gasteiger partial charge in [0.05, 0.1) is 30.6 Å². The average Bonchev–Trinajstić information content (AvgIpc) is 2.76. The van der Waals surface area contributed by atoms with Crippen molar-refractivity contribution >= 4 is 19.9 Å². The Labute approximate surface area is 124 Å². The summed E-state index contributed by atoms with van der Waals surface area (Å²) in [6, 6.07) is 3.62. The number of hydrogen-bond acceptors (Lipinski definition) is 6. The van der Waals surface area contributed by atoms with Crippen LogP contribution in [0.15, 0.2) is 23.1 Å². The highest BCUT2D eigenvalue weighted by Gasteiger charge is 2.31. The highest BCUT2D eigenvalue weighted by molar-refractivity contribution is 7.92. The second kappa shape index (κ2) is 5.82. The van der Waals surface area contributed by atoms with Crippen molar-refractivity contribution in [3.63, 3.8) is 0 Å². The minimum Gasteiger partial charge on any atom is -0.493 e. The first-order valence-corrected chi connectivity index (χ1v) is 9.52. The molecule has 1 aliphatic heterocycles. The Morgan fingerprint density at radius 2 is 1.86 bits per heavy atom. The predicted molar refractivity (Wildman–Crippen MR) is 76.9 cm³/mol. The van der Waals surface area contributed by atoms with Gasteiger partial charge in [0.25, 0.3) is 0 Å². The van der Waals surface area contributed by atoms with E-state index in [1.54, 1.807) is 0 Å². The van der Waals surface area contributed by atoms with Crippen LogP contribution in [-0.2, 0) is 19.9 Å². The largest absolute Gasteiger partial charge is 0.493 e. The van der Waals surface area contributed by atoms with E-state index in [1.807, 2.05) is 0 Å². The van der Waals surface area contributed by atoms with Crippen LogP contribution in [-0.4, -0.2) is 48.6 Å². The maximum absolute atomic E-state index is 12.3. The Bertz CT molecular complexity index is 726. The zero-order chi connectivity index (χ0) is 15.7. The van der Waals surface area contributed by atoms with Crippen LogP contribution in [0.25, 0.3) is 0 Å². The molecule has 0 amide bonds. The molecule has 0 aromatic heterocycles. The summed E-state index contributed by atoms with van der Waals surface area (Å²) in [7, 11) is -4.09. The molecule has 7 nitrogen and oxygen atoms in total. The summed E-state index contributed by atoms with van der Waals surface area (Å²) in [5, 5.41) is 0. The molecule has 0 unspecified atom stereocenters. The van der Waals surface area contributed by atoms with Gasteiger partial charge in [-0.3, -0.25) is 0 Å². The molecule has 21 heavy (non-hydrogen) atoms. The fraction of sp³-hybridized carbons (Fsp3) is 0.500. The van der Waals surface area contributed by atoms with Crippen LogP contribution in [0, 0.1) is 0 Å². The first-order valence-electron chi connectivity index (χ1n) is 6.22. The summed E-state index contributed by atoms with van der Waals surface area (Å²) in [5.41, 5.74) is 0. The van der Waals surface area contributed by atoms with E-state index < -0.39 is 25.9 Å². The number of nitrogens with one attached hydrogen (secondary N) is 1. The smallest absolute Gasteiger partial charge is 0.240 e. The van der Waals surface area contributed by atoms with Crippen molar-refractivity contribution in [2.75, 3.05) is 25.7 Å². The molecule has 0 radical (unpaired) electrons. The maximum atomic E-state index is 12.3. The van der Waals surface area contributed by atoms with E-state index in [0.717, 1.165) is 0 Å². The number of benzene rings is 1. The van der Waals surface area contributed by atoms with Crippen molar-refractivity contribution in [2.24, 2.45) is 0 Å². The molecule has 1 aromatic carbocycles. The van der Waals surface area contributed by atoms with Crippen molar-refractivity contribution < 1.29 is 26.3 Å². The SMILES string of the molecule is COc1ccc(S(=O)(=O)N[C@H]2CCS(=O)(=O)C2)cc1OC. The minimum atomic E-state index is -3.80. The number of ether oxygens (including phenoxy) is 2. The third kappa shape index (κ3) is 3.66. The fourth-order valence-corrected chi connectivity index (χ4v) is 5.22. The summed E-state index contributed by atoms with van der Waals surface area (Å²) in [6.45, 7) is 0. The van der Waals surface area contributed by atoms with Gasteiger partial charge in [-0.05, 0) is 18.6 Å². The van der Waals surface area contributed by atoms with Crippen LogP contribution >= 0.6 is 0 Å². The quantitative estimate of drug-likeness (QED) is 0.823. The highest BCUT2D eigenvalue weighted by atomic mass is 32.2. The Hall–Kier alpha value is -1.32. The Morgan fingerprint density at radius 3 is 2.38 bits per heavy atom. The second-order valence-electron chi connectivity index (χ2n) is 4.74. The van der Waals surface area contributed by atoms with E-state index in [1.165, 1.54) is 32.4 Å². The molecule has 0 bridgehead atoms. The molecule has 1 aromatic rings. The lowest BCUT2D eigenvalue weighted by Gasteiger charge is -2.13. The summed E-state index contributed by atoms with van der Waals surface area (Å²) in [4.78, 5) is 0.00412. The Kier molecular flexibility index (Phi) is 4.45. The van der Waals surface area contributed by atoms with E-state index in [0.29, 0.717) is 11.5 Å². The molecule has 1 N–H and O–H groups in total. The summed E-state index contributed by atoms with van der Waals surface area (Å²) in [6.07, 6.45) is 0.287. The van der Waals surface area contributed by atoms with Crippen LogP contribution < -0.4 is 14.2 Å². The molecule has 1 atom stereocenters. The van der Waals surface area contributed by atoms with E-state index in [9.17, 15) is 16.8 Å². The van der Waals surface area contributed by atoms with Crippen molar-refractivity contribution in [3.8, 4) is 11.5 Å². The molecular formula is C12H17NO6S2. The lowest BCUT2D eigenvalue weighted by molar-refractivity contribution is 0.354. The monoisotopic (exact) mass is 335 g/mol. The third-order valence-electron chi connectivity index (χ3n) is 3.22. The zero-order valence-corrected chi connectivity index (χ0v) is 13.3. The summed E-state index contributed by atoms with van der Waals surface area (Å²) < 4.78 is 59.8. The summed E-state index contributed by atoms with van der Waals surface area (Å²) in [5.74, 6) is 0.547. The normalized spacial score (nSPS) is 21.1. The molecule has 0 saturated carbocycles. The van der Waals surface area contributed by atoms with Gasteiger partial charge < -0.3 is 9.47 Å². The van der Waals surface area contributed by atoms with Gasteiger partial charge in [0, 0.05) is 12.1 Å². The lowest BCUT2D eigenvalue weighted by Crippen LogP contribution is -2.35. The highest BCUT2D eigenvalue weighted by Crippen LogP contribution is 2.29. The van der Waals surface area contributed by atoms with Crippen molar-refractivity contribution in [2.45, 2.75) is 17.4 Å². The summed E-state index contributed by atoms with van der Waals surface area (Å²) >= 11 is 0. The number of rotatable bonds is 5. The van der Waals surface area contributed by atoms with Crippen LogP contribution in [0.1, 0.15) is 6.42 Å². The van der Waals surface area contributed by atoms with Gasteiger partial charge in [0.15, 0.2) is 21.3 Å². The molecule has 1 heterocycles. The van der Waals surface area contributed by atoms with Gasteiger partial charge in [-0.2, -0.15) is 0 Å². The first kappa shape index (κ1) is 16.1. The van der Waals surface area contributed by atoms with Gasteiger partial charge in [-0.15, -0.1) is 0 Å². The van der Waals surface area contributed by atoms with Gasteiger partial charge >= 0.3 is 0 Å². The molecule has 1 fully saturated rings. The zero-order valence-electron chi connectivity index (χ0n) is 11.7. The predicted octanol–water partition coefficient (Wildman–Crippen LogP) is 0.169. The number of sulfone groups is 1. The van der Waals surface area contributed by atoms with Gasteiger partial charge in [-0.25, -0.2) is 21.6 Å². The minimum absolute atomic E-state index is 0.00412.